The Morgan fingerprint density at radius 3 is 1.89 bits per heavy atom. The van der Waals surface area contributed by atoms with Gasteiger partial charge in [0, 0.05) is 12.5 Å². The Balaban J connectivity index is 4.75. The van der Waals surface area contributed by atoms with E-state index in [2.05, 4.69) is 54.6 Å². The number of rotatable bonds is 6. The minimum Gasteiger partial charge on any atom is -0.413 e. The quantitative estimate of drug-likeness (QED) is 0.629. The van der Waals surface area contributed by atoms with Gasteiger partial charge in [-0.1, -0.05) is 41.5 Å². The summed E-state index contributed by atoms with van der Waals surface area (Å²) in [6.07, 6.45) is 2.84. The minimum absolute atomic E-state index is 0.131. The molecule has 0 aliphatic carbocycles. The monoisotopic (exact) mass is 286 g/mol. The van der Waals surface area contributed by atoms with E-state index in [1.165, 1.54) is 0 Å². The van der Waals surface area contributed by atoms with Gasteiger partial charge in [0.05, 0.1) is 0 Å². The first-order valence-corrected chi connectivity index (χ1v) is 10.4. The predicted molar refractivity (Wildman–Crippen MR) is 86.1 cm³/mol. The van der Waals surface area contributed by atoms with Crippen LogP contribution in [0.1, 0.15) is 67.7 Å². The highest BCUT2D eigenvalue weighted by Crippen LogP contribution is 2.40. The largest absolute Gasteiger partial charge is 0.413 e. The fourth-order valence-corrected chi connectivity index (χ4v) is 3.27. The summed E-state index contributed by atoms with van der Waals surface area (Å²) in [5.74, 6) is 0.278. The molecule has 114 valence electrons. The third-order valence-electron chi connectivity index (χ3n) is 4.20. The maximum Gasteiger partial charge on any atom is 0.192 e. The van der Waals surface area contributed by atoms with Crippen molar-refractivity contribution >= 4 is 14.1 Å². The molecule has 2 nitrogen and oxygen atoms in total. The molecule has 3 heteroatoms. The van der Waals surface area contributed by atoms with Gasteiger partial charge in [-0.15, -0.1) is 0 Å². The number of hydrogen-bond acceptors (Lipinski definition) is 2. The first-order chi connectivity index (χ1) is 8.27. The van der Waals surface area contributed by atoms with Crippen LogP contribution in [0.4, 0.5) is 0 Å². The lowest BCUT2D eigenvalue weighted by Crippen LogP contribution is -2.47. The lowest BCUT2D eigenvalue weighted by Gasteiger charge is -2.43. The van der Waals surface area contributed by atoms with Crippen molar-refractivity contribution in [3.63, 3.8) is 0 Å². The van der Waals surface area contributed by atoms with Gasteiger partial charge in [0.1, 0.15) is 5.78 Å². The van der Waals surface area contributed by atoms with Crippen LogP contribution < -0.4 is 0 Å². The SMILES string of the molecule is CC(=O)CCCC(O[Si](C)(C)C(C)(C)C)C(C)(C)C. The average molecular weight is 287 g/mol. The highest BCUT2D eigenvalue weighted by Gasteiger charge is 2.41. The zero-order valence-corrected chi connectivity index (χ0v) is 15.5. The molecular weight excluding hydrogens is 252 g/mol. The molecule has 0 aromatic rings. The van der Waals surface area contributed by atoms with Crippen molar-refractivity contribution in [3.05, 3.63) is 0 Å². The van der Waals surface area contributed by atoms with Crippen molar-refractivity contribution in [1.82, 2.24) is 0 Å². The second kappa shape index (κ2) is 6.53. The lowest BCUT2D eigenvalue weighted by molar-refractivity contribution is -0.117. The third kappa shape index (κ3) is 6.71. The summed E-state index contributed by atoms with van der Waals surface area (Å²) in [6.45, 7) is 19.8. The standard InChI is InChI=1S/C16H34O2Si/c1-13(17)11-10-12-14(15(2,3)4)18-19(8,9)16(5,6)7/h14H,10-12H2,1-9H3. The summed E-state index contributed by atoms with van der Waals surface area (Å²) in [7, 11) is -1.74. The Morgan fingerprint density at radius 1 is 1.11 bits per heavy atom. The highest BCUT2D eigenvalue weighted by molar-refractivity contribution is 6.74. The molecule has 0 saturated heterocycles. The minimum atomic E-state index is -1.74. The van der Waals surface area contributed by atoms with Crippen LogP contribution in [0.25, 0.3) is 0 Å². The van der Waals surface area contributed by atoms with Crippen LogP contribution in [-0.2, 0) is 9.22 Å². The predicted octanol–water partition coefficient (Wildman–Crippen LogP) is 5.18. The Morgan fingerprint density at radius 2 is 1.58 bits per heavy atom. The molecule has 0 aliphatic rings. The molecule has 1 atom stereocenters. The van der Waals surface area contributed by atoms with Gasteiger partial charge < -0.3 is 9.22 Å². The zero-order valence-electron chi connectivity index (χ0n) is 14.5. The zero-order chi connectivity index (χ0) is 15.5. The topological polar surface area (TPSA) is 26.3 Å². The Hall–Kier alpha value is -0.153. The first kappa shape index (κ1) is 18.8. The summed E-state index contributed by atoms with van der Waals surface area (Å²) in [4.78, 5) is 11.1. The maximum absolute atomic E-state index is 11.1. The molecule has 0 bridgehead atoms. The van der Waals surface area contributed by atoms with Gasteiger partial charge in [-0.05, 0) is 43.3 Å². The van der Waals surface area contributed by atoms with E-state index in [-0.39, 0.29) is 22.3 Å². The normalized spacial score (nSPS) is 15.4. The third-order valence-corrected chi connectivity index (χ3v) is 8.69. The average Bonchev–Trinajstić information content (AvgIpc) is 2.11. The highest BCUT2D eigenvalue weighted by atomic mass is 28.4. The molecule has 0 spiro atoms. The van der Waals surface area contributed by atoms with E-state index in [1.54, 1.807) is 6.92 Å². The number of Topliss-reactive ketones (excluding diaryl/α,β-unsaturated/α-hetero) is 1. The van der Waals surface area contributed by atoms with Crippen LogP contribution in [-0.4, -0.2) is 20.2 Å². The van der Waals surface area contributed by atoms with Crippen LogP contribution in [0.2, 0.25) is 18.1 Å². The van der Waals surface area contributed by atoms with E-state index >= 15 is 0 Å². The molecular formula is C16H34O2Si. The Bertz CT molecular complexity index is 295. The van der Waals surface area contributed by atoms with Crippen molar-refractivity contribution in [2.75, 3.05) is 0 Å². The van der Waals surface area contributed by atoms with Crippen molar-refractivity contribution in [2.24, 2.45) is 5.41 Å². The molecule has 0 heterocycles. The fraction of sp³-hybridized carbons (Fsp3) is 0.938. The summed E-state index contributed by atoms with van der Waals surface area (Å²) in [6, 6.07) is 0. The van der Waals surface area contributed by atoms with Gasteiger partial charge in [-0.25, -0.2) is 0 Å². The lowest BCUT2D eigenvalue weighted by atomic mass is 9.86. The number of carbonyl (C=O) groups excluding carboxylic acids is 1. The van der Waals surface area contributed by atoms with Gasteiger partial charge in [0.2, 0.25) is 0 Å². The molecule has 0 aromatic heterocycles. The molecule has 0 saturated carbocycles. The second-order valence-corrected chi connectivity index (χ2v) is 13.1. The molecule has 0 rings (SSSR count). The van der Waals surface area contributed by atoms with Gasteiger partial charge in [-0.3, -0.25) is 0 Å². The summed E-state index contributed by atoms with van der Waals surface area (Å²) in [5, 5.41) is 0.233. The van der Waals surface area contributed by atoms with Gasteiger partial charge in [0.25, 0.3) is 0 Å². The van der Waals surface area contributed by atoms with Crippen molar-refractivity contribution in [2.45, 2.75) is 92.0 Å². The van der Waals surface area contributed by atoms with Crippen LogP contribution >= 0.6 is 0 Å². The van der Waals surface area contributed by atoms with E-state index in [9.17, 15) is 4.79 Å². The van der Waals surface area contributed by atoms with Crippen LogP contribution in [0, 0.1) is 5.41 Å². The van der Waals surface area contributed by atoms with Gasteiger partial charge in [0.15, 0.2) is 8.32 Å². The van der Waals surface area contributed by atoms with E-state index in [0.29, 0.717) is 6.42 Å². The molecule has 0 radical (unpaired) electrons. The van der Waals surface area contributed by atoms with Crippen molar-refractivity contribution < 1.29 is 9.22 Å². The molecule has 19 heavy (non-hydrogen) atoms. The summed E-state index contributed by atoms with van der Waals surface area (Å²) >= 11 is 0. The van der Waals surface area contributed by atoms with Crippen molar-refractivity contribution in [3.8, 4) is 0 Å². The number of hydrogen-bond donors (Lipinski definition) is 0. The Kier molecular flexibility index (Phi) is 6.48. The summed E-state index contributed by atoms with van der Waals surface area (Å²) in [5.41, 5.74) is 0.131. The maximum atomic E-state index is 11.1. The van der Waals surface area contributed by atoms with Gasteiger partial charge in [-0.2, -0.15) is 0 Å². The smallest absolute Gasteiger partial charge is 0.192 e. The van der Waals surface area contributed by atoms with Crippen LogP contribution in [0.3, 0.4) is 0 Å². The number of carbonyl (C=O) groups is 1. The summed E-state index contributed by atoms with van der Waals surface area (Å²) < 4.78 is 6.58. The second-order valence-electron chi connectivity index (χ2n) is 8.33. The molecule has 0 fully saturated rings. The van der Waals surface area contributed by atoms with Crippen LogP contribution in [0.15, 0.2) is 0 Å². The van der Waals surface area contributed by atoms with Crippen LogP contribution in [0.5, 0.6) is 0 Å². The molecule has 0 aliphatic heterocycles. The van der Waals surface area contributed by atoms with Crippen molar-refractivity contribution in [1.29, 1.82) is 0 Å². The van der Waals surface area contributed by atoms with E-state index in [1.807, 2.05) is 0 Å². The van der Waals surface area contributed by atoms with E-state index < -0.39 is 8.32 Å². The fourth-order valence-electron chi connectivity index (χ4n) is 1.74. The number of ketones is 1. The molecule has 1 unspecified atom stereocenters. The van der Waals surface area contributed by atoms with Gasteiger partial charge >= 0.3 is 0 Å². The van der Waals surface area contributed by atoms with E-state index in [4.69, 9.17) is 4.43 Å². The molecule has 0 amide bonds. The Labute approximate surface area is 121 Å². The molecule has 0 aromatic carbocycles. The first-order valence-electron chi connectivity index (χ1n) is 7.44. The van der Waals surface area contributed by atoms with E-state index in [0.717, 1.165) is 12.8 Å². The molecule has 0 N–H and O–H groups in total.